The van der Waals surface area contributed by atoms with Gasteiger partial charge in [0, 0.05) is 30.5 Å². The van der Waals surface area contributed by atoms with Crippen molar-refractivity contribution in [1.29, 1.82) is 0 Å². The predicted octanol–water partition coefficient (Wildman–Crippen LogP) is 7.21. The van der Waals surface area contributed by atoms with Crippen molar-refractivity contribution in [2.24, 2.45) is 0 Å². The number of benzene rings is 2. The standard InChI is InChI=1S/C30H44N2O6P/c1-23(33)31-20-25(18-19-32(8,9)21-24-14-11-10-12-15-24)28-26(31)16-13-17-27(28)35-22-36-39(34,37-29(2,3)4)38-30(5,6)7/h10-17,20H,18-19,21-22H2,1-9H3/q+1. The van der Waals surface area contributed by atoms with E-state index in [9.17, 15) is 9.36 Å². The summed E-state index contributed by atoms with van der Waals surface area (Å²) in [5.41, 5.74) is 1.52. The number of fused-ring (bicyclic) bond motifs is 1. The van der Waals surface area contributed by atoms with Crippen LogP contribution in [0.4, 0.5) is 0 Å². The summed E-state index contributed by atoms with van der Waals surface area (Å²) in [6.07, 6.45) is 2.62. The number of phosphoric ester groups is 1. The van der Waals surface area contributed by atoms with Crippen molar-refractivity contribution in [3.05, 3.63) is 65.9 Å². The quantitative estimate of drug-likeness (QED) is 0.140. The number of carbonyl (C=O) groups is 1. The number of ether oxygens (including phenoxy) is 1. The van der Waals surface area contributed by atoms with Gasteiger partial charge in [-0.3, -0.25) is 18.4 Å². The number of nitrogens with zero attached hydrogens (tertiary/aromatic N) is 2. The molecule has 1 aromatic heterocycles. The minimum Gasteiger partial charge on any atom is -0.466 e. The van der Waals surface area contributed by atoms with Gasteiger partial charge in [0.25, 0.3) is 0 Å². The third kappa shape index (κ3) is 9.30. The second-order valence-corrected chi connectivity index (χ2v) is 14.0. The molecular weight excluding hydrogens is 515 g/mol. The molecule has 0 aliphatic carbocycles. The Morgan fingerprint density at radius 3 is 2.10 bits per heavy atom. The van der Waals surface area contributed by atoms with Crippen LogP contribution in [0.15, 0.2) is 54.7 Å². The molecule has 0 atom stereocenters. The van der Waals surface area contributed by atoms with Crippen molar-refractivity contribution in [1.82, 2.24) is 4.57 Å². The van der Waals surface area contributed by atoms with Gasteiger partial charge < -0.3 is 9.22 Å². The third-order valence-corrected chi connectivity index (χ3v) is 7.81. The van der Waals surface area contributed by atoms with Gasteiger partial charge in [-0.1, -0.05) is 36.4 Å². The number of likely N-dealkylation sites (N-methyl/N-ethyl adjacent to an activating group) is 1. The Bertz CT molecular complexity index is 1300. The summed E-state index contributed by atoms with van der Waals surface area (Å²) >= 11 is 0. The van der Waals surface area contributed by atoms with Crippen LogP contribution in [0.2, 0.25) is 0 Å². The van der Waals surface area contributed by atoms with Crippen molar-refractivity contribution in [2.75, 3.05) is 27.4 Å². The molecule has 0 saturated heterocycles. The normalized spacial score (nSPS) is 13.2. The molecule has 9 heteroatoms. The molecule has 0 amide bonds. The van der Waals surface area contributed by atoms with Gasteiger partial charge in [-0.2, -0.15) is 0 Å². The molecule has 8 nitrogen and oxygen atoms in total. The number of hydrogen-bond donors (Lipinski definition) is 0. The lowest BCUT2D eigenvalue weighted by molar-refractivity contribution is -0.903. The van der Waals surface area contributed by atoms with E-state index in [4.69, 9.17) is 18.3 Å². The summed E-state index contributed by atoms with van der Waals surface area (Å²) in [7, 11) is 0.460. The maximum atomic E-state index is 13.4. The molecule has 0 aliphatic rings. The largest absolute Gasteiger partial charge is 0.478 e. The van der Waals surface area contributed by atoms with Gasteiger partial charge in [-0.05, 0) is 59.2 Å². The molecule has 0 N–H and O–H groups in total. The molecule has 0 radical (unpaired) electrons. The van der Waals surface area contributed by atoms with Gasteiger partial charge in [0.05, 0.1) is 37.4 Å². The molecule has 3 rings (SSSR count). The fourth-order valence-corrected chi connectivity index (χ4v) is 6.05. The first-order chi connectivity index (χ1) is 18.0. The van der Waals surface area contributed by atoms with Crippen molar-refractivity contribution < 1.29 is 32.2 Å². The van der Waals surface area contributed by atoms with E-state index in [1.807, 2.05) is 30.5 Å². The molecule has 0 unspecified atom stereocenters. The summed E-state index contributed by atoms with van der Waals surface area (Å²) in [5.74, 6) is 0.452. The summed E-state index contributed by atoms with van der Waals surface area (Å²) in [5, 5.41) is 0.833. The Kier molecular flexibility index (Phi) is 9.51. The van der Waals surface area contributed by atoms with Gasteiger partial charge in [-0.25, -0.2) is 9.09 Å². The highest BCUT2D eigenvalue weighted by Gasteiger charge is 2.37. The second kappa shape index (κ2) is 11.9. The van der Waals surface area contributed by atoms with Crippen LogP contribution in [0, 0.1) is 0 Å². The highest BCUT2D eigenvalue weighted by Crippen LogP contribution is 2.55. The molecule has 214 valence electrons. The van der Waals surface area contributed by atoms with Gasteiger partial charge in [0.2, 0.25) is 5.91 Å². The lowest BCUT2D eigenvalue weighted by atomic mass is 10.1. The van der Waals surface area contributed by atoms with Gasteiger partial charge in [-0.15, -0.1) is 0 Å². The van der Waals surface area contributed by atoms with E-state index < -0.39 is 19.0 Å². The molecule has 39 heavy (non-hydrogen) atoms. The fraction of sp³-hybridized carbons (Fsp3) is 0.500. The van der Waals surface area contributed by atoms with Gasteiger partial charge in [0.15, 0.2) is 6.79 Å². The van der Waals surface area contributed by atoms with E-state index in [0.717, 1.165) is 40.5 Å². The highest BCUT2D eigenvalue weighted by atomic mass is 31.2. The van der Waals surface area contributed by atoms with Crippen LogP contribution in [0.5, 0.6) is 5.75 Å². The minimum atomic E-state index is -3.94. The number of aromatic nitrogens is 1. The Morgan fingerprint density at radius 2 is 1.54 bits per heavy atom. The van der Waals surface area contributed by atoms with E-state index in [-0.39, 0.29) is 12.7 Å². The zero-order valence-electron chi connectivity index (χ0n) is 24.8. The second-order valence-electron chi connectivity index (χ2n) is 12.5. The van der Waals surface area contributed by atoms with E-state index in [2.05, 4.69) is 38.4 Å². The Labute approximate surface area is 233 Å². The van der Waals surface area contributed by atoms with Crippen molar-refractivity contribution >= 4 is 24.6 Å². The van der Waals surface area contributed by atoms with E-state index in [1.54, 1.807) is 53.0 Å². The topological polar surface area (TPSA) is 76.0 Å². The molecule has 0 bridgehead atoms. The number of rotatable bonds is 11. The van der Waals surface area contributed by atoms with Gasteiger partial charge >= 0.3 is 7.82 Å². The van der Waals surface area contributed by atoms with Crippen molar-refractivity contribution in [2.45, 2.75) is 72.6 Å². The van der Waals surface area contributed by atoms with Crippen LogP contribution in [-0.4, -0.2) is 53.6 Å². The average molecular weight is 560 g/mol. The van der Waals surface area contributed by atoms with Crippen LogP contribution < -0.4 is 4.74 Å². The number of hydrogen-bond acceptors (Lipinski definition) is 6. The first-order valence-corrected chi connectivity index (χ1v) is 14.7. The Morgan fingerprint density at radius 1 is 0.923 bits per heavy atom. The number of carbonyl (C=O) groups excluding carboxylic acids is 1. The molecule has 0 fully saturated rings. The van der Waals surface area contributed by atoms with Crippen LogP contribution in [0.25, 0.3) is 10.9 Å². The zero-order valence-corrected chi connectivity index (χ0v) is 25.7. The van der Waals surface area contributed by atoms with Crippen LogP contribution in [0.1, 0.15) is 64.4 Å². The number of quaternary nitrogens is 1. The monoisotopic (exact) mass is 559 g/mol. The lowest BCUT2D eigenvalue weighted by Gasteiger charge is -2.30. The lowest BCUT2D eigenvalue weighted by Crippen LogP contribution is -2.40. The number of phosphoric acid groups is 1. The third-order valence-electron chi connectivity index (χ3n) is 5.85. The zero-order chi connectivity index (χ0) is 29.1. The molecule has 3 aromatic rings. The average Bonchev–Trinajstić information content (AvgIpc) is 3.15. The maximum absolute atomic E-state index is 13.4. The molecule has 0 spiro atoms. The van der Waals surface area contributed by atoms with E-state index >= 15 is 0 Å². The van der Waals surface area contributed by atoms with E-state index in [0.29, 0.717) is 5.75 Å². The van der Waals surface area contributed by atoms with Crippen LogP contribution >= 0.6 is 7.82 Å². The summed E-state index contributed by atoms with van der Waals surface area (Å²) in [6, 6.07) is 16.0. The SMILES string of the molecule is CC(=O)n1cc(CC[N+](C)(C)Cc2ccccc2)c2c(OCOP(=O)(OC(C)(C)C)OC(C)(C)C)cccc21. The molecule has 2 aromatic carbocycles. The van der Waals surface area contributed by atoms with Crippen molar-refractivity contribution in [3.8, 4) is 5.75 Å². The summed E-state index contributed by atoms with van der Waals surface area (Å²) in [4.78, 5) is 12.5. The smallest absolute Gasteiger partial charge is 0.466 e. The maximum Gasteiger partial charge on any atom is 0.478 e. The minimum absolute atomic E-state index is 0.0839. The summed E-state index contributed by atoms with van der Waals surface area (Å²) in [6.45, 7) is 13.6. The molecule has 0 aliphatic heterocycles. The van der Waals surface area contributed by atoms with Crippen molar-refractivity contribution in [3.63, 3.8) is 0 Å². The molecular formula is C30H44N2O6P+. The highest BCUT2D eigenvalue weighted by molar-refractivity contribution is 7.48. The molecule has 0 saturated carbocycles. The molecule has 1 heterocycles. The van der Waals surface area contributed by atoms with Gasteiger partial charge in [0.1, 0.15) is 12.3 Å². The first-order valence-electron chi connectivity index (χ1n) is 13.3. The van der Waals surface area contributed by atoms with E-state index in [1.165, 1.54) is 5.56 Å². The fourth-order valence-electron chi connectivity index (χ4n) is 4.38. The van der Waals surface area contributed by atoms with Crippen LogP contribution in [-0.2, 0) is 31.1 Å². The Balaban J connectivity index is 1.84. The summed E-state index contributed by atoms with van der Waals surface area (Å²) < 4.78 is 38.9. The van der Waals surface area contributed by atoms with Crippen LogP contribution in [0.3, 0.4) is 0 Å². The predicted molar refractivity (Wildman–Crippen MR) is 155 cm³/mol. The Hall–Kier alpha value is -2.48. The first kappa shape index (κ1) is 31.1.